The van der Waals surface area contributed by atoms with Gasteiger partial charge in [-0.25, -0.2) is 12.8 Å². The van der Waals surface area contributed by atoms with E-state index < -0.39 is 10.0 Å². The first-order valence-electron chi connectivity index (χ1n) is 10.4. The molecule has 0 aliphatic carbocycles. The number of nitrogens with one attached hydrogen (secondary N) is 1. The van der Waals surface area contributed by atoms with E-state index in [1.807, 2.05) is 0 Å². The molecule has 2 aromatic carbocycles. The van der Waals surface area contributed by atoms with Crippen LogP contribution in [-0.4, -0.2) is 41.9 Å². The van der Waals surface area contributed by atoms with Crippen LogP contribution in [0.1, 0.15) is 32.6 Å². The fourth-order valence-corrected chi connectivity index (χ4v) is 4.81. The van der Waals surface area contributed by atoms with Gasteiger partial charge in [-0.05, 0) is 48.9 Å². The van der Waals surface area contributed by atoms with Gasteiger partial charge in [0.15, 0.2) is 0 Å². The van der Waals surface area contributed by atoms with Crippen LogP contribution in [0.15, 0.2) is 51.9 Å². The smallest absolute Gasteiger partial charge is 0.243 e. The lowest BCUT2D eigenvalue weighted by Gasteiger charge is -2.19. The second-order valence-electron chi connectivity index (χ2n) is 7.15. The molecule has 0 aliphatic heterocycles. The summed E-state index contributed by atoms with van der Waals surface area (Å²) in [7, 11) is -3.68. The number of carbonyl (C=O) groups excluding carboxylic acids is 1. The SMILES string of the molecule is CCN(CC)S(=O)(=O)c1ccc(Cl)c(NC(=O)CCCc2nc(-c3ccc(F)cc3)no2)c1. The Morgan fingerprint density at radius 1 is 1.15 bits per heavy atom. The zero-order valence-corrected chi connectivity index (χ0v) is 19.8. The lowest BCUT2D eigenvalue weighted by molar-refractivity contribution is -0.116. The minimum Gasteiger partial charge on any atom is -0.339 e. The molecule has 0 saturated heterocycles. The normalized spacial score (nSPS) is 11.7. The minimum atomic E-state index is -3.68. The Hall–Kier alpha value is -2.82. The molecule has 0 radical (unpaired) electrons. The summed E-state index contributed by atoms with van der Waals surface area (Å²) in [5, 5.41) is 6.77. The highest BCUT2D eigenvalue weighted by molar-refractivity contribution is 7.89. The number of benzene rings is 2. The average Bonchev–Trinajstić information content (AvgIpc) is 3.25. The summed E-state index contributed by atoms with van der Waals surface area (Å²) in [6, 6.07) is 9.95. The van der Waals surface area contributed by atoms with Gasteiger partial charge in [0.1, 0.15) is 5.82 Å². The lowest BCUT2D eigenvalue weighted by atomic mass is 10.2. The van der Waals surface area contributed by atoms with Gasteiger partial charge in [-0.15, -0.1) is 0 Å². The van der Waals surface area contributed by atoms with Crippen LogP contribution in [0.25, 0.3) is 11.4 Å². The van der Waals surface area contributed by atoms with Crippen molar-refractivity contribution in [3.63, 3.8) is 0 Å². The van der Waals surface area contributed by atoms with Crippen LogP contribution in [0.2, 0.25) is 5.02 Å². The maximum absolute atomic E-state index is 13.0. The topological polar surface area (TPSA) is 105 Å². The van der Waals surface area contributed by atoms with Gasteiger partial charge in [0.25, 0.3) is 0 Å². The van der Waals surface area contributed by atoms with Gasteiger partial charge in [0.2, 0.25) is 27.6 Å². The number of hydrogen-bond donors (Lipinski definition) is 1. The molecule has 1 N–H and O–H groups in total. The van der Waals surface area contributed by atoms with E-state index in [-0.39, 0.29) is 33.8 Å². The summed E-state index contributed by atoms with van der Waals surface area (Å²) in [4.78, 5) is 16.7. The van der Waals surface area contributed by atoms with Crippen molar-refractivity contribution >= 4 is 33.2 Å². The fourth-order valence-electron chi connectivity index (χ4n) is 3.16. The van der Waals surface area contributed by atoms with E-state index >= 15 is 0 Å². The largest absolute Gasteiger partial charge is 0.339 e. The molecule has 3 aromatic rings. The van der Waals surface area contributed by atoms with Gasteiger partial charge < -0.3 is 9.84 Å². The van der Waals surface area contributed by atoms with Crippen LogP contribution >= 0.6 is 11.6 Å². The highest BCUT2D eigenvalue weighted by atomic mass is 35.5. The van der Waals surface area contributed by atoms with Crippen molar-refractivity contribution in [1.82, 2.24) is 14.4 Å². The van der Waals surface area contributed by atoms with E-state index in [9.17, 15) is 17.6 Å². The molecule has 0 spiro atoms. The second-order valence-corrected chi connectivity index (χ2v) is 9.50. The number of amides is 1. The quantitative estimate of drug-likeness (QED) is 0.444. The number of carbonyl (C=O) groups is 1. The van der Waals surface area contributed by atoms with Gasteiger partial charge in [-0.1, -0.05) is 30.6 Å². The molecule has 1 heterocycles. The molecule has 0 atom stereocenters. The first-order chi connectivity index (χ1) is 15.7. The summed E-state index contributed by atoms with van der Waals surface area (Å²) in [6.07, 6.45) is 0.926. The molecule has 8 nitrogen and oxygen atoms in total. The Kier molecular flexibility index (Phi) is 8.17. The number of rotatable bonds is 10. The summed E-state index contributed by atoms with van der Waals surface area (Å²) < 4.78 is 45.0. The van der Waals surface area contributed by atoms with E-state index in [1.54, 1.807) is 26.0 Å². The van der Waals surface area contributed by atoms with Crippen LogP contribution in [0.5, 0.6) is 0 Å². The lowest BCUT2D eigenvalue weighted by Crippen LogP contribution is -2.30. The summed E-state index contributed by atoms with van der Waals surface area (Å²) in [5.74, 6) is 0.0114. The van der Waals surface area contributed by atoms with Crippen molar-refractivity contribution in [3.8, 4) is 11.4 Å². The van der Waals surface area contributed by atoms with Crippen LogP contribution in [0.3, 0.4) is 0 Å². The molecule has 11 heteroatoms. The summed E-state index contributed by atoms with van der Waals surface area (Å²) in [6.45, 7) is 4.18. The minimum absolute atomic E-state index is 0.0603. The number of nitrogens with zero attached hydrogens (tertiary/aromatic N) is 3. The third kappa shape index (κ3) is 6.16. The van der Waals surface area contributed by atoms with E-state index in [2.05, 4.69) is 15.5 Å². The van der Waals surface area contributed by atoms with Gasteiger partial charge >= 0.3 is 0 Å². The van der Waals surface area contributed by atoms with E-state index in [1.165, 1.54) is 34.6 Å². The maximum atomic E-state index is 13.0. The first-order valence-corrected chi connectivity index (χ1v) is 12.2. The molecule has 176 valence electrons. The monoisotopic (exact) mass is 494 g/mol. The predicted molar refractivity (Wildman–Crippen MR) is 123 cm³/mol. The number of sulfonamides is 1. The van der Waals surface area contributed by atoms with Crippen LogP contribution in [-0.2, 0) is 21.2 Å². The third-order valence-electron chi connectivity index (χ3n) is 4.92. The number of aromatic nitrogens is 2. The molecular weight excluding hydrogens is 471 g/mol. The molecule has 1 amide bonds. The Bertz CT molecular complexity index is 1210. The van der Waals surface area contributed by atoms with Crippen LogP contribution < -0.4 is 5.32 Å². The van der Waals surface area contributed by atoms with Crippen molar-refractivity contribution in [2.75, 3.05) is 18.4 Å². The van der Waals surface area contributed by atoms with Crippen LogP contribution in [0.4, 0.5) is 10.1 Å². The third-order valence-corrected chi connectivity index (χ3v) is 7.30. The highest BCUT2D eigenvalue weighted by Gasteiger charge is 2.23. The molecule has 0 saturated carbocycles. The van der Waals surface area contributed by atoms with Crippen LogP contribution in [0, 0.1) is 5.82 Å². The maximum Gasteiger partial charge on any atom is 0.243 e. The van der Waals surface area contributed by atoms with Gasteiger partial charge in [0.05, 0.1) is 15.6 Å². The Morgan fingerprint density at radius 2 is 1.85 bits per heavy atom. The molecule has 1 aromatic heterocycles. The number of aryl methyl sites for hydroxylation is 1. The Balaban J connectivity index is 1.59. The van der Waals surface area contributed by atoms with Crippen molar-refractivity contribution in [2.24, 2.45) is 0 Å². The average molecular weight is 495 g/mol. The standard InChI is InChI=1S/C22H24ClFN4O4S/c1-3-28(4-2)33(30,31)17-12-13-18(23)19(14-17)25-20(29)6-5-7-21-26-22(27-32-21)15-8-10-16(24)11-9-15/h8-14H,3-7H2,1-2H3,(H,25,29). The number of anilines is 1. The van der Waals surface area contributed by atoms with E-state index in [0.717, 1.165) is 0 Å². The van der Waals surface area contributed by atoms with Crippen molar-refractivity contribution in [3.05, 3.63) is 59.2 Å². The summed E-state index contributed by atoms with van der Waals surface area (Å²) in [5.41, 5.74) is 0.851. The van der Waals surface area contributed by atoms with E-state index in [4.69, 9.17) is 16.1 Å². The molecule has 0 bridgehead atoms. The molecule has 0 fully saturated rings. The van der Waals surface area contributed by atoms with Gasteiger partial charge in [-0.2, -0.15) is 9.29 Å². The molecule has 33 heavy (non-hydrogen) atoms. The number of halogens is 2. The van der Waals surface area contributed by atoms with Gasteiger partial charge in [0, 0.05) is 31.5 Å². The zero-order chi connectivity index (χ0) is 24.0. The van der Waals surface area contributed by atoms with Crippen molar-refractivity contribution in [2.45, 2.75) is 38.0 Å². The highest BCUT2D eigenvalue weighted by Crippen LogP contribution is 2.27. The van der Waals surface area contributed by atoms with Crippen molar-refractivity contribution in [1.29, 1.82) is 0 Å². The number of hydrogen-bond acceptors (Lipinski definition) is 6. The molecular formula is C22H24ClFN4O4S. The molecule has 0 aliphatic rings. The van der Waals surface area contributed by atoms with E-state index in [0.29, 0.717) is 43.2 Å². The molecule has 0 unspecified atom stereocenters. The fraction of sp³-hybridized carbons (Fsp3) is 0.318. The van der Waals surface area contributed by atoms with Crippen molar-refractivity contribution < 1.29 is 22.1 Å². The molecule has 3 rings (SSSR count). The first kappa shape index (κ1) is 24.8. The summed E-state index contributed by atoms with van der Waals surface area (Å²) >= 11 is 6.16. The Morgan fingerprint density at radius 3 is 2.52 bits per heavy atom. The Labute approximate surface area is 196 Å². The predicted octanol–water partition coefficient (Wildman–Crippen LogP) is 4.52. The zero-order valence-electron chi connectivity index (χ0n) is 18.2. The van der Waals surface area contributed by atoms with Gasteiger partial charge in [-0.3, -0.25) is 4.79 Å². The second kappa shape index (κ2) is 10.9.